The molecule has 132 valence electrons. The molecule has 27 heavy (non-hydrogen) atoms. The van der Waals surface area contributed by atoms with E-state index in [2.05, 4.69) is 15.0 Å². The van der Waals surface area contributed by atoms with Gasteiger partial charge in [0.05, 0.1) is 0 Å². The topological polar surface area (TPSA) is 73.9 Å². The number of pyridine rings is 1. The molecule has 0 saturated heterocycles. The number of nitrogens with two attached hydrogens (primary N) is 1. The van der Waals surface area contributed by atoms with Crippen molar-refractivity contribution in [3.05, 3.63) is 85.1 Å². The van der Waals surface area contributed by atoms with Gasteiger partial charge in [-0.15, -0.1) is 0 Å². The lowest BCUT2D eigenvalue weighted by molar-refractivity contribution is 0.465. The van der Waals surface area contributed by atoms with Crippen LogP contribution in [-0.4, -0.2) is 15.0 Å². The molecular formula is C21H15FN4O. The van der Waals surface area contributed by atoms with E-state index in [4.69, 9.17) is 10.5 Å². The monoisotopic (exact) mass is 358 g/mol. The number of hydrogen-bond acceptors (Lipinski definition) is 5. The first kappa shape index (κ1) is 16.7. The Balaban J connectivity index is 1.70. The molecule has 2 heterocycles. The molecule has 0 bridgehead atoms. The SMILES string of the molecule is Nc1ncc(-c2ccc(-c3cccnc3Oc3ccccc3)cc2F)cn1. The van der Waals surface area contributed by atoms with Gasteiger partial charge in [0, 0.05) is 35.3 Å². The summed E-state index contributed by atoms with van der Waals surface area (Å²) in [5, 5.41) is 0. The third-order valence-electron chi connectivity index (χ3n) is 3.99. The molecule has 0 aliphatic rings. The van der Waals surface area contributed by atoms with Gasteiger partial charge in [-0.1, -0.05) is 30.3 Å². The first-order chi connectivity index (χ1) is 13.2. The lowest BCUT2D eigenvalue weighted by Crippen LogP contribution is -1.95. The van der Waals surface area contributed by atoms with Crippen molar-refractivity contribution in [3.63, 3.8) is 0 Å². The minimum Gasteiger partial charge on any atom is -0.438 e. The summed E-state index contributed by atoms with van der Waals surface area (Å²) >= 11 is 0. The summed E-state index contributed by atoms with van der Waals surface area (Å²) in [4.78, 5) is 12.1. The predicted molar refractivity (Wildman–Crippen MR) is 102 cm³/mol. The van der Waals surface area contributed by atoms with E-state index >= 15 is 0 Å². The summed E-state index contributed by atoms with van der Waals surface area (Å²) < 4.78 is 20.6. The Hall–Kier alpha value is -3.80. The van der Waals surface area contributed by atoms with Crippen molar-refractivity contribution in [2.75, 3.05) is 5.73 Å². The highest BCUT2D eigenvalue weighted by Gasteiger charge is 2.12. The van der Waals surface area contributed by atoms with Crippen molar-refractivity contribution in [3.8, 4) is 33.9 Å². The van der Waals surface area contributed by atoms with Crippen molar-refractivity contribution >= 4 is 5.95 Å². The van der Waals surface area contributed by atoms with Crippen LogP contribution in [0.25, 0.3) is 22.3 Å². The van der Waals surface area contributed by atoms with Gasteiger partial charge in [-0.05, 0) is 35.9 Å². The Bertz CT molecular complexity index is 1070. The molecule has 4 rings (SSSR count). The second kappa shape index (κ2) is 7.21. The van der Waals surface area contributed by atoms with E-state index in [-0.39, 0.29) is 5.95 Å². The van der Waals surface area contributed by atoms with Gasteiger partial charge in [0.1, 0.15) is 11.6 Å². The van der Waals surface area contributed by atoms with Gasteiger partial charge in [-0.2, -0.15) is 0 Å². The van der Waals surface area contributed by atoms with Gasteiger partial charge in [0.15, 0.2) is 0 Å². The molecule has 0 atom stereocenters. The molecule has 0 aliphatic carbocycles. The first-order valence-electron chi connectivity index (χ1n) is 8.26. The fourth-order valence-electron chi connectivity index (χ4n) is 2.69. The Kier molecular flexibility index (Phi) is 4.45. The number of hydrogen-bond donors (Lipinski definition) is 1. The Morgan fingerprint density at radius 1 is 0.778 bits per heavy atom. The molecule has 4 aromatic rings. The number of ether oxygens (including phenoxy) is 1. The number of nitrogen functional groups attached to an aromatic ring is 1. The molecule has 0 unspecified atom stereocenters. The van der Waals surface area contributed by atoms with E-state index in [1.807, 2.05) is 42.5 Å². The maximum Gasteiger partial charge on any atom is 0.227 e. The second-order valence-electron chi connectivity index (χ2n) is 5.80. The van der Waals surface area contributed by atoms with Crippen LogP contribution < -0.4 is 10.5 Å². The van der Waals surface area contributed by atoms with Crippen LogP contribution in [0.5, 0.6) is 11.6 Å². The van der Waals surface area contributed by atoms with Crippen molar-refractivity contribution in [2.24, 2.45) is 0 Å². The molecule has 5 nitrogen and oxygen atoms in total. The van der Waals surface area contributed by atoms with E-state index < -0.39 is 5.82 Å². The summed E-state index contributed by atoms with van der Waals surface area (Å²) in [6.45, 7) is 0. The second-order valence-corrected chi connectivity index (χ2v) is 5.80. The van der Waals surface area contributed by atoms with E-state index in [0.29, 0.717) is 33.9 Å². The molecule has 2 aromatic heterocycles. The Morgan fingerprint density at radius 2 is 1.56 bits per heavy atom. The number of nitrogens with zero attached hydrogens (tertiary/aromatic N) is 3. The van der Waals surface area contributed by atoms with Crippen LogP contribution in [0.1, 0.15) is 0 Å². The van der Waals surface area contributed by atoms with E-state index in [1.54, 1.807) is 18.3 Å². The molecule has 0 amide bonds. The van der Waals surface area contributed by atoms with Gasteiger partial charge in [-0.3, -0.25) is 0 Å². The van der Waals surface area contributed by atoms with Crippen LogP contribution in [0.2, 0.25) is 0 Å². The zero-order chi connectivity index (χ0) is 18.6. The fraction of sp³-hybridized carbons (Fsp3) is 0. The number of benzene rings is 2. The highest BCUT2D eigenvalue weighted by atomic mass is 19.1. The maximum atomic E-state index is 14.7. The minimum absolute atomic E-state index is 0.147. The molecule has 2 N–H and O–H groups in total. The molecule has 0 radical (unpaired) electrons. The zero-order valence-corrected chi connectivity index (χ0v) is 14.2. The number of rotatable bonds is 4. The molecule has 0 saturated carbocycles. The minimum atomic E-state index is -0.393. The highest BCUT2D eigenvalue weighted by molar-refractivity contribution is 5.73. The molecular weight excluding hydrogens is 343 g/mol. The molecule has 0 fully saturated rings. The molecule has 0 spiro atoms. The summed E-state index contributed by atoms with van der Waals surface area (Å²) in [6, 6.07) is 17.9. The molecule has 6 heteroatoms. The van der Waals surface area contributed by atoms with E-state index in [1.165, 1.54) is 18.5 Å². The lowest BCUT2D eigenvalue weighted by atomic mass is 10.0. The van der Waals surface area contributed by atoms with Crippen LogP contribution in [-0.2, 0) is 0 Å². The normalized spacial score (nSPS) is 10.6. The maximum absolute atomic E-state index is 14.7. The number of halogens is 1. The highest BCUT2D eigenvalue weighted by Crippen LogP contribution is 2.33. The van der Waals surface area contributed by atoms with Gasteiger partial charge in [-0.25, -0.2) is 19.3 Å². The van der Waals surface area contributed by atoms with Crippen molar-refractivity contribution in [1.82, 2.24) is 15.0 Å². The summed E-state index contributed by atoms with van der Waals surface area (Å²) in [5.41, 5.74) is 7.79. The summed E-state index contributed by atoms with van der Waals surface area (Å²) in [6.07, 6.45) is 4.63. The average molecular weight is 358 g/mol. The first-order valence-corrected chi connectivity index (χ1v) is 8.26. The van der Waals surface area contributed by atoms with Gasteiger partial charge in [0.25, 0.3) is 0 Å². The van der Waals surface area contributed by atoms with Gasteiger partial charge < -0.3 is 10.5 Å². The smallest absolute Gasteiger partial charge is 0.227 e. The lowest BCUT2D eigenvalue weighted by Gasteiger charge is -2.11. The van der Waals surface area contributed by atoms with E-state index in [9.17, 15) is 4.39 Å². The third-order valence-corrected chi connectivity index (χ3v) is 3.99. The van der Waals surface area contributed by atoms with E-state index in [0.717, 1.165) is 0 Å². The van der Waals surface area contributed by atoms with Crippen LogP contribution in [0, 0.1) is 5.82 Å². The number of anilines is 1. The Morgan fingerprint density at radius 3 is 2.30 bits per heavy atom. The van der Waals surface area contributed by atoms with Crippen LogP contribution in [0.15, 0.2) is 79.3 Å². The van der Waals surface area contributed by atoms with Gasteiger partial charge >= 0.3 is 0 Å². The number of aromatic nitrogens is 3. The Labute approximate surface area is 155 Å². The van der Waals surface area contributed by atoms with Crippen LogP contribution in [0.3, 0.4) is 0 Å². The van der Waals surface area contributed by atoms with Crippen molar-refractivity contribution < 1.29 is 9.13 Å². The van der Waals surface area contributed by atoms with Crippen LogP contribution >= 0.6 is 0 Å². The van der Waals surface area contributed by atoms with Crippen molar-refractivity contribution in [2.45, 2.75) is 0 Å². The molecule has 2 aromatic carbocycles. The van der Waals surface area contributed by atoms with Crippen LogP contribution in [0.4, 0.5) is 10.3 Å². The average Bonchev–Trinajstić information content (AvgIpc) is 2.70. The third kappa shape index (κ3) is 3.59. The van der Waals surface area contributed by atoms with Gasteiger partial charge in [0.2, 0.25) is 11.8 Å². The zero-order valence-electron chi connectivity index (χ0n) is 14.2. The quantitative estimate of drug-likeness (QED) is 0.571. The molecule has 0 aliphatic heterocycles. The largest absolute Gasteiger partial charge is 0.438 e. The summed E-state index contributed by atoms with van der Waals surface area (Å²) in [5.74, 6) is 0.824. The number of para-hydroxylation sites is 1. The predicted octanol–water partition coefficient (Wildman–Crippen LogP) is 4.72. The fourth-order valence-corrected chi connectivity index (χ4v) is 2.69. The van der Waals surface area contributed by atoms with Crippen molar-refractivity contribution in [1.29, 1.82) is 0 Å². The standard InChI is InChI=1S/C21H15FN4O/c22-19-11-14(8-9-17(19)15-12-25-21(23)26-13-15)18-7-4-10-24-20(18)27-16-5-2-1-3-6-16/h1-13H,(H2,23,25,26). The summed E-state index contributed by atoms with van der Waals surface area (Å²) in [7, 11) is 0.